The average molecular weight is 285 g/mol. The van der Waals surface area contributed by atoms with Gasteiger partial charge in [-0.05, 0) is 50.2 Å². The topological polar surface area (TPSA) is 64.9 Å². The summed E-state index contributed by atoms with van der Waals surface area (Å²) in [6.07, 6.45) is 5.43. The van der Waals surface area contributed by atoms with Crippen molar-refractivity contribution in [2.24, 2.45) is 11.7 Å². The Morgan fingerprint density at radius 3 is 2.67 bits per heavy atom. The summed E-state index contributed by atoms with van der Waals surface area (Å²) in [4.78, 5) is 4.58. The molecule has 4 heteroatoms. The molecule has 1 aromatic heterocycles. The molecule has 1 aliphatic carbocycles. The summed E-state index contributed by atoms with van der Waals surface area (Å²) in [7, 11) is 0. The summed E-state index contributed by atoms with van der Waals surface area (Å²) in [5.41, 5.74) is 8.24. The molecule has 21 heavy (non-hydrogen) atoms. The van der Waals surface area contributed by atoms with Crippen LogP contribution in [0.5, 0.6) is 0 Å². The van der Waals surface area contributed by atoms with Crippen LogP contribution in [0.3, 0.4) is 0 Å². The van der Waals surface area contributed by atoms with E-state index in [0.717, 1.165) is 42.7 Å². The molecule has 112 valence electrons. The van der Waals surface area contributed by atoms with Gasteiger partial charge in [0.05, 0.1) is 5.54 Å². The predicted octanol–water partition coefficient (Wildman–Crippen LogP) is 3.80. The smallest absolute Gasteiger partial charge is 0.258 e. The van der Waals surface area contributed by atoms with Crippen molar-refractivity contribution >= 4 is 0 Å². The second kappa shape index (κ2) is 5.60. The number of hydrogen-bond donors (Lipinski definition) is 1. The Hall–Kier alpha value is -1.68. The highest BCUT2D eigenvalue weighted by Crippen LogP contribution is 2.38. The molecule has 1 fully saturated rings. The lowest BCUT2D eigenvalue weighted by Crippen LogP contribution is -2.41. The van der Waals surface area contributed by atoms with Gasteiger partial charge in [0.2, 0.25) is 0 Å². The van der Waals surface area contributed by atoms with Crippen molar-refractivity contribution in [3.8, 4) is 11.5 Å². The van der Waals surface area contributed by atoms with Gasteiger partial charge >= 0.3 is 0 Å². The molecule has 1 aromatic carbocycles. The maximum atomic E-state index is 6.54. The van der Waals surface area contributed by atoms with E-state index in [4.69, 9.17) is 10.3 Å². The molecule has 0 radical (unpaired) electrons. The predicted molar refractivity (Wildman–Crippen MR) is 82.6 cm³/mol. The Labute approximate surface area is 125 Å². The fourth-order valence-electron chi connectivity index (χ4n) is 3.17. The number of rotatable bonds is 3. The van der Waals surface area contributed by atoms with E-state index >= 15 is 0 Å². The van der Waals surface area contributed by atoms with E-state index in [1.54, 1.807) is 0 Å². The first-order valence-corrected chi connectivity index (χ1v) is 7.81. The van der Waals surface area contributed by atoms with Gasteiger partial charge in [0.1, 0.15) is 0 Å². The Morgan fingerprint density at radius 2 is 2.00 bits per heavy atom. The van der Waals surface area contributed by atoms with Gasteiger partial charge in [-0.25, -0.2) is 0 Å². The first-order chi connectivity index (χ1) is 10.1. The van der Waals surface area contributed by atoms with Gasteiger partial charge in [0, 0.05) is 5.56 Å². The first kappa shape index (κ1) is 14.3. The highest BCUT2D eigenvalue weighted by Gasteiger charge is 2.37. The molecule has 0 amide bonds. The summed E-state index contributed by atoms with van der Waals surface area (Å²) >= 11 is 0. The number of aryl methyl sites for hydroxylation is 1. The van der Waals surface area contributed by atoms with Crippen LogP contribution in [0.4, 0.5) is 0 Å². The Bertz CT molecular complexity index is 612. The van der Waals surface area contributed by atoms with E-state index in [9.17, 15) is 0 Å². The van der Waals surface area contributed by atoms with E-state index in [2.05, 4.69) is 17.1 Å². The lowest BCUT2D eigenvalue weighted by Gasteiger charge is -2.34. The molecular formula is C17H23N3O. The highest BCUT2D eigenvalue weighted by molar-refractivity contribution is 5.57. The zero-order valence-electron chi connectivity index (χ0n) is 12.8. The van der Waals surface area contributed by atoms with Crippen molar-refractivity contribution in [1.29, 1.82) is 0 Å². The Balaban J connectivity index is 1.84. The molecule has 0 spiro atoms. The summed E-state index contributed by atoms with van der Waals surface area (Å²) in [6.45, 7) is 4.29. The molecule has 2 aromatic rings. The van der Waals surface area contributed by atoms with Crippen molar-refractivity contribution in [3.63, 3.8) is 0 Å². The van der Waals surface area contributed by atoms with Crippen molar-refractivity contribution in [2.45, 2.75) is 51.5 Å². The van der Waals surface area contributed by atoms with Crippen LogP contribution in [-0.4, -0.2) is 10.1 Å². The lowest BCUT2D eigenvalue weighted by atomic mass is 9.76. The quantitative estimate of drug-likeness (QED) is 0.931. The van der Waals surface area contributed by atoms with Crippen LogP contribution in [0.1, 0.15) is 50.4 Å². The summed E-state index contributed by atoms with van der Waals surface area (Å²) in [5, 5.41) is 4.17. The maximum Gasteiger partial charge on any atom is 0.258 e. The van der Waals surface area contributed by atoms with Crippen LogP contribution >= 0.6 is 0 Å². The fourth-order valence-corrected chi connectivity index (χ4v) is 3.17. The second-order valence-electron chi connectivity index (χ2n) is 6.25. The molecular weight excluding hydrogens is 262 g/mol. The van der Waals surface area contributed by atoms with Gasteiger partial charge in [-0.15, -0.1) is 0 Å². The average Bonchev–Trinajstić information content (AvgIpc) is 2.99. The van der Waals surface area contributed by atoms with Crippen LogP contribution in [0.15, 0.2) is 28.8 Å². The monoisotopic (exact) mass is 285 g/mol. The third-order valence-corrected chi connectivity index (χ3v) is 4.82. The van der Waals surface area contributed by atoms with E-state index in [0.29, 0.717) is 11.7 Å². The SMILES string of the molecule is CCC1CCC(N)(c2noc(-c3ccccc3C)n2)CC1. The molecule has 0 bridgehead atoms. The number of benzene rings is 1. The van der Waals surface area contributed by atoms with E-state index in [-0.39, 0.29) is 0 Å². The largest absolute Gasteiger partial charge is 0.334 e. The van der Waals surface area contributed by atoms with Crippen LogP contribution in [-0.2, 0) is 5.54 Å². The molecule has 3 rings (SSSR count). The van der Waals surface area contributed by atoms with Gasteiger partial charge in [-0.2, -0.15) is 4.98 Å². The van der Waals surface area contributed by atoms with Gasteiger partial charge in [0.25, 0.3) is 5.89 Å². The molecule has 0 atom stereocenters. The fraction of sp³-hybridized carbons (Fsp3) is 0.529. The third-order valence-electron chi connectivity index (χ3n) is 4.82. The third kappa shape index (κ3) is 2.72. The maximum absolute atomic E-state index is 6.54. The first-order valence-electron chi connectivity index (χ1n) is 7.81. The van der Waals surface area contributed by atoms with Crippen LogP contribution in [0.25, 0.3) is 11.5 Å². The highest BCUT2D eigenvalue weighted by atomic mass is 16.5. The number of aromatic nitrogens is 2. The molecule has 0 aliphatic heterocycles. The number of hydrogen-bond acceptors (Lipinski definition) is 4. The standard InChI is InChI=1S/C17H23N3O/c1-3-13-8-10-17(18,11-9-13)16-19-15(21-20-16)14-7-5-4-6-12(14)2/h4-7,13H,3,8-11,18H2,1-2H3. The van der Waals surface area contributed by atoms with Gasteiger partial charge in [0.15, 0.2) is 5.82 Å². The molecule has 1 saturated carbocycles. The number of nitrogens with two attached hydrogens (primary N) is 1. The van der Waals surface area contributed by atoms with E-state index in [1.807, 2.05) is 31.2 Å². The zero-order chi connectivity index (χ0) is 14.9. The zero-order valence-corrected chi connectivity index (χ0v) is 12.8. The van der Waals surface area contributed by atoms with Crippen molar-refractivity contribution < 1.29 is 4.52 Å². The number of nitrogens with zero attached hydrogens (tertiary/aromatic N) is 2. The minimum Gasteiger partial charge on any atom is -0.334 e. The van der Waals surface area contributed by atoms with Crippen molar-refractivity contribution in [2.75, 3.05) is 0 Å². The van der Waals surface area contributed by atoms with Crippen LogP contribution < -0.4 is 5.73 Å². The van der Waals surface area contributed by atoms with Crippen LogP contribution in [0.2, 0.25) is 0 Å². The Morgan fingerprint density at radius 1 is 1.29 bits per heavy atom. The van der Waals surface area contributed by atoms with Gasteiger partial charge < -0.3 is 10.3 Å². The molecule has 2 N–H and O–H groups in total. The van der Waals surface area contributed by atoms with Crippen LogP contribution in [0, 0.1) is 12.8 Å². The molecule has 1 heterocycles. The van der Waals surface area contributed by atoms with E-state index in [1.165, 1.54) is 6.42 Å². The van der Waals surface area contributed by atoms with Crippen molar-refractivity contribution in [1.82, 2.24) is 10.1 Å². The molecule has 1 aliphatic rings. The molecule has 4 nitrogen and oxygen atoms in total. The summed E-state index contributed by atoms with van der Waals surface area (Å²) in [5.74, 6) is 2.03. The van der Waals surface area contributed by atoms with E-state index < -0.39 is 5.54 Å². The Kier molecular flexibility index (Phi) is 3.81. The minimum atomic E-state index is -0.421. The van der Waals surface area contributed by atoms with Gasteiger partial charge in [-0.3, -0.25) is 0 Å². The second-order valence-corrected chi connectivity index (χ2v) is 6.25. The summed E-state index contributed by atoms with van der Waals surface area (Å²) < 4.78 is 5.46. The summed E-state index contributed by atoms with van der Waals surface area (Å²) in [6, 6.07) is 8.04. The normalized spacial score (nSPS) is 26.0. The minimum absolute atomic E-state index is 0.421. The lowest BCUT2D eigenvalue weighted by molar-refractivity contribution is 0.216. The molecule has 0 unspecified atom stereocenters. The molecule has 0 saturated heterocycles. The van der Waals surface area contributed by atoms with Gasteiger partial charge in [-0.1, -0.05) is 36.7 Å². The van der Waals surface area contributed by atoms with Crippen molar-refractivity contribution in [3.05, 3.63) is 35.7 Å².